The summed E-state index contributed by atoms with van der Waals surface area (Å²) < 4.78 is 1.92. The van der Waals surface area contributed by atoms with E-state index in [1.165, 1.54) is 76.4 Å². The first-order chi connectivity index (χ1) is 16.7. The third kappa shape index (κ3) is 5.67. The van der Waals surface area contributed by atoms with Crippen LogP contribution in [0.1, 0.15) is 94.0 Å². The van der Waals surface area contributed by atoms with E-state index in [1.54, 1.807) is 0 Å². The van der Waals surface area contributed by atoms with Crippen LogP contribution in [0.3, 0.4) is 0 Å². The lowest BCUT2D eigenvalue weighted by Gasteiger charge is -2.35. The number of aryl methyl sites for hydroxylation is 1. The Hall–Kier alpha value is -1.88. The molecular formula is C29H44N4O. The van der Waals surface area contributed by atoms with Gasteiger partial charge in [0.15, 0.2) is 5.78 Å². The molecule has 3 fully saturated rings. The van der Waals surface area contributed by atoms with Crippen molar-refractivity contribution in [2.45, 2.75) is 83.5 Å². The first kappa shape index (κ1) is 23.8. The summed E-state index contributed by atoms with van der Waals surface area (Å²) in [4.78, 5) is 18.5. The zero-order chi connectivity index (χ0) is 23.3. The molecule has 2 aliphatic heterocycles. The quantitative estimate of drug-likeness (QED) is 0.477. The molecule has 0 unspecified atom stereocenters. The van der Waals surface area contributed by atoms with E-state index in [-0.39, 0.29) is 5.78 Å². The topological polar surface area (TPSA) is 41.4 Å². The monoisotopic (exact) mass is 464 g/mol. The van der Waals surface area contributed by atoms with Crippen LogP contribution >= 0.6 is 0 Å². The molecule has 0 atom stereocenters. The van der Waals surface area contributed by atoms with Crippen LogP contribution in [0, 0.1) is 11.8 Å². The summed E-state index contributed by atoms with van der Waals surface area (Å²) in [7, 11) is 1.99. The predicted molar refractivity (Wildman–Crippen MR) is 141 cm³/mol. The second-order valence-corrected chi connectivity index (χ2v) is 11.3. The molecular weight excluding hydrogens is 420 g/mol. The maximum absolute atomic E-state index is 13.3. The van der Waals surface area contributed by atoms with Crippen molar-refractivity contribution in [1.29, 1.82) is 0 Å². The van der Waals surface area contributed by atoms with Crippen molar-refractivity contribution in [2.75, 3.05) is 37.6 Å². The molecule has 0 bridgehead atoms. The van der Waals surface area contributed by atoms with Crippen molar-refractivity contribution >= 4 is 22.4 Å². The summed E-state index contributed by atoms with van der Waals surface area (Å²) in [6.45, 7) is 5.88. The molecule has 2 aromatic rings. The smallest absolute Gasteiger partial charge is 0.183 e. The number of nitrogens with zero attached hydrogens (tertiary/aromatic N) is 4. The highest BCUT2D eigenvalue weighted by Crippen LogP contribution is 2.30. The van der Waals surface area contributed by atoms with Gasteiger partial charge in [-0.1, -0.05) is 38.5 Å². The first-order valence-electron chi connectivity index (χ1n) is 14.1. The molecule has 3 heterocycles. The third-order valence-corrected chi connectivity index (χ3v) is 8.74. The maximum Gasteiger partial charge on any atom is 0.183 e. The highest BCUT2D eigenvalue weighted by atomic mass is 16.1. The van der Waals surface area contributed by atoms with E-state index in [2.05, 4.69) is 28.0 Å². The number of piperidine rings is 1. The van der Waals surface area contributed by atoms with E-state index in [0.29, 0.717) is 18.0 Å². The van der Waals surface area contributed by atoms with E-state index in [4.69, 9.17) is 5.10 Å². The summed E-state index contributed by atoms with van der Waals surface area (Å²) in [5, 5.41) is 5.73. The number of benzene rings is 1. The van der Waals surface area contributed by atoms with Gasteiger partial charge < -0.3 is 9.80 Å². The van der Waals surface area contributed by atoms with Crippen LogP contribution in [0.25, 0.3) is 10.9 Å². The van der Waals surface area contributed by atoms with Gasteiger partial charge in [-0.15, -0.1) is 0 Å². The molecule has 0 amide bonds. The highest BCUT2D eigenvalue weighted by molar-refractivity contribution is 6.06. The lowest BCUT2D eigenvalue weighted by molar-refractivity contribution is 0.0910. The van der Waals surface area contributed by atoms with Crippen molar-refractivity contribution in [3.63, 3.8) is 0 Å². The fourth-order valence-electron chi connectivity index (χ4n) is 6.62. The molecule has 1 aromatic heterocycles. The number of carbonyl (C=O) groups is 1. The molecule has 3 aliphatic rings. The summed E-state index contributed by atoms with van der Waals surface area (Å²) in [5.74, 6) is 1.65. The molecule has 5 rings (SSSR count). The van der Waals surface area contributed by atoms with Gasteiger partial charge in [-0.25, -0.2) is 0 Å². The van der Waals surface area contributed by atoms with Crippen LogP contribution < -0.4 is 4.90 Å². The Balaban J connectivity index is 1.20. The van der Waals surface area contributed by atoms with Crippen molar-refractivity contribution in [2.24, 2.45) is 18.9 Å². The summed E-state index contributed by atoms with van der Waals surface area (Å²) in [6, 6.07) is 6.62. The standard InChI is InChI=1S/C29H44N4O/c1-31-27-21-25(33-16-8-3-2-4-9-17-33)12-13-26(27)29(30-31)28(34)20-23-14-18-32(19-15-23)22-24-10-6-5-7-11-24/h12-13,21,23-24H,2-11,14-20,22H2,1H3. The van der Waals surface area contributed by atoms with E-state index < -0.39 is 0 Å². The van der Waals surface area contributed by atoms with Crippen LogP contribution in [0.2, 0.25) is 0 Å². The van der Waals surface area contributed by atoms with Gasteiger partial charge in [0.2, 0.25) is 0 Å². The molecule has 0 radical (unpaired) electrons. The van der Waals surface area contributed by atoms with Gasteiger partial charge in [0.1, 0.15) is 5.69 Å². The normalized spacial score (nSPS) is 22.1. The minimum absolute atomic E-state index is 0.232. The zero-order valence-corrected chi connectivity index (χ0v) is 21.3. The highest BCUT2D eigenvalue weighted by Gasteiger charge is 2.26. The Morgan fingerprint density at radius 1 is 0.853 bits per heavy atom. The number of fused-ring (bicyclic) bond motifs is 1. The molecule has 0 spiro atoms. The van der Waals surface area contributed by atoms with Crippen molar-refractivity contribution < 1.29 is 4.79 Å². The second kappa shape index (κ2) is 11.2. The number of rotatable bonds is 6. The lowest BCUT2D eigenvalue weighted by atomic mass is 9.87. The van der Waals surface area contributed by atoms with E-state index in [9.17, 15) is 4.79 Å². The Morgan fingerprint density at radius 3 is 2.26 bits per heavy atom. The minimum atomic E-state index is 0.232. The number of likely N-dealkylation sites (tertiary alicyclic amines) is 1. The molecule has 5 heteroatoms. The van der Waals surface area contributed by atoms with Gasteiger partial charge in [0.05, 0.1) is 5.52 Å². The number of Topliss-reactive ketones (excluding diaryl/α,β-unsaturated/α-hetero) is 1. The molecule has 1 aliphatic carbocycles. The number of hydrogen-bond acceptors (Lipinski definition) is 4. The Labute approximate surface area is 205 Å². The van der Waals surface area contributed by atoms with Crippen molar-refractivity contribution in [3.05, 3.63) is 23.9 Å². The van der Waals surface area contributed by atoms with E-state index >= 15 is 0 Å². The third-order valence-electron chi connectivity index (χ3n) is 8.74. The van der Waals surface area contributed by atoms with Crippen LogP contribution in [-0.2, 0) is 7.05 Å². The summed E-state index contributed by atoms with van der Waals surface area (Å²) in [6.07, 6.45) is 16.7. The molecule has 0 N–H and O–H groups in total. The predicted octanol–water partition coefficient (Wildman–Crippen LogP) is 6.21. The van der Waals surface area contributed by atoms with Gasteiger partial charge in [-0.05, 0) is 81.6 Å². The fourth-order valence-corrected chi connectivity index (χ4v) is 6.62. The van der Waals surface area contributed by atoms with Gasteiger partial charge in [0, 0.05) is 44.2 Å². The number of aromatic nitrogens is 2. The van der Waals surface area contributed by atoms with Crippen LogP contribution in [0.4, 0.5) is 5.69 Å². The van der Waals surface area contributed by atoms with Crippen molar-refractivity contribution in [1.82, 2.24) is 14.7 Å². The molecule has 1 aromatic carbocycles. The molecule has 1 saturated carbocycles. The van der Waals surface area contributed by atoms with Crippen LogP contribution in [0.5, 0.6) is 0 Å². The zero-order valence-electron chi connectivity index (χ0n) is 21.3. The van der Waals surface area contributed by atoms with Crippen LogP contribution in [-0.4, -0.2) is 53.2 Å². The van der Waals surface area contributed by atoms with Gasteiger partial charge in [-0.2, -0.15) is 5.10 Å². The number of hydrogen-bond donors (Lipinski definition) is 0. The number of anilines is 1. The fraction of sp³-hybridized carbons (Fsp3) is 0.724. The number of carbonyl (C=O) groups excluding carboxylic acids is 1. The Kier molecular flexibility index (Phi) is 7.88. The minimum Gasteiger partial charge on any atom is -0.371 e. The molecule has 34 heavy (non-hydrogen) atoms. The summed E-state index contributed by atoms with van der Waals surface area (Å²) in [5.41, 5.74) is 3.05. The lowest BCUT2D eigenvalue weighted by Crippen LogP contribution is -2.38. The van der Waals surface area contributed by atoms with E-state index in [1.807, 2.05) is 11.7 Å². The Morgan fingerprint density at radius 2 is 1.53 bits per heavy atom. The number of ketones is 1. The largest absolute Gasteiger partial charge is 0.371 e. The summed E-state index contributed by atoms with van der Waals surface area (Å²) >= 11 is 0. The van der Waals surface area contributed by atoms with Gasteiger partial charge >= 0.3 is 0 Å². The molecule has 2 saturated heterocycles. The van der Waals surface area contributed by atoms with E-state index in [0.717, 1.165) is 55.8 Å². The Bertz CT molecular complexity index is 944. The van der Waals surface area contributed by atoms with Crippen molar-refractivity contribution in [3.8, 4) is 0 Å². The average molecular weight is 465 g/mol. The second-order valence-electron chi connectivity index (χ2n) is 11.3. The molecule has 5 nitrogen and oxygen atoms in total. The van der Waals surface area contributed by atoms with Gasteiger partial charge in [-0.3, -0.25) is 9.48 Å². The van der Waals surface area contributed by atoms with Gasteiger partial charge in [0.25, 0.3) is 0 Å². The SMILES string of the molecule is Cn1nc(C(=O)CC2CCN(CC3CCCCC3)CC2)c2ccc(N3CCCCCCC3)cc21. The maximum atomic E-state index is 13.3. The average Bonchev–Trinajstić information content (AvgIpc) is 3.17. The molecule has 186 valence electrons. The van der Waals surface area contributed by atoms with Crippen LogP contribution in [0.15, 0.2) is 18.2 Å². The first-order valence-corrected chi connectivity index (χ1v) is 14.1.